The summed E-state index contributed by atoms with van der Waals surface area (Å²) in [6.45, 7) is -0.00656. The van der Waals surface area contributed by atoms with Gasteiger partial charge in [-0.15, -0.1) is 0 Å². The number of hydrogen-bond acceptors (Lipinski definition) is 3. The van der Waals surface area contributed by atoms with Gasteiger partial charge in [-0.1, -0.05) is 24.3 Å². The summed E-state index contributed by atoms with van der Waals surface area (Å²) in [7, 11) is 0. The highest BCUT2D eigenvalue weighted by Crippen LogP contribution is 2.14. The maximum atomic E-state index is 13.4. The molecule has 0 bridgehead atoms. The lowest BCUT2D eigenvalue weighted by atomic mass is 10.1. The zero-order valence-corrected chi connectivity index (χ0v) is 11.7. The third-order valence-electron chi connectivity index (χ3n) is 2.97. The molecule has 0 radical (unpaired) electrons. The van der Waals surface area contributed by atoms with Crippen molar-refractivity contribution in [1.82, 2.24) is 5.32 Å². The van der Waals surface area contributed by atoms with Crippen LogP contribution in [-0.2, 0) is 11.3 Å². The summed E-state index contributed by atoms with van der Waals surface area (Å²) >= 11 is 0. The highest BCUT2D eigenvalue weighted by molar-refractivity contribution is 5.95. The van der Waals surface area contributed by atoms with Gasteiger partial charge in [-0.05, 0) is 29.8 Å². The summed E-state index contributed by atoms with van der Waals surface area (Å²) in [6, 6.07) is 13.0. The molecule has 0 aromatic heterocycles. The lowest BCUT2D eigenvalue weighted by molar-refractivity contribution is -0.135. The van der Waals surface area contributed by atoms with Gasteiger partial charge in [0.05, 0.1) is 5.69 Å². The van der Waals surface area contributed by atoms with Crippen molar-refractivity contribution in [3.63, 3.8) is 0 Å². The molecule has 2 rings (SSSR count). The fourth-order valence-electron chi connectivity index (χ4n) is 1.83. The number of halogens is 1. The number of aliphatic carboxylic acids is 1. The van der Waals surface area contributed by atoms with Crippen LogP contribution in [0.25, 0.3) is 0 Å². The molecule has 0 fully saturated rings. The molecular formula is C16H15FN2O3. The van der Waals surface area contributed by atoms with E-state index in [1.807, 2.05) is 0 Å². The molecule has 0 saturated heterocycles. The second-order valence-corrected chi connectivity index (χ2v) is 4.61. The standard InChI is InChI=1S/C16H15FN2O3/c17-13-3-1-2-4-14(13)18-9-11-5-7-12(8-6-11)16(22)19-10-15(20)21/h1-8,18H,9-10H2,(H,19,22)(H,20,21). The van der Waals surface area contributed by atoms with E-state index >= 15 is 0 Å². The van der Waals surface area contributed by atoms with Gasteiger partial charge >= 0.3 is 5.97 Å². The first-order valence-electron chi connectivity index (χ1n) is 6.63. The fourth-order valence-corrected chi connectivity index (χ4v) is 1.83. The first kappa shape index (κ1) is 15.5. The molecule has 0 saturated carbocycles. The number of amides is 1. The normalized spacial score (nSPS) is 10.0. The van der Waals surface area contributed by atoms with Gasteiger partial charge in [-0.3, -0.25) is 9.59 Å². The van der Waals surface area contributed by atoms with Crippen LogP contribution in [0.15, 0.2) is 48.5 Å². The topological polar surface area (TPSA) is 78.4 Å². The largest absolute Gasteiger partial charge is 0.480 e. The third kappa shape index (κ3) is 4.31. The molecule has 1 amide bonds. The van der Waals surface area contributed by atoms with Crippen molar-refractivity contribution in [3.05, 3.63) is 65.5 Å². The molecule has 0 spiro atoms. The quantitative estimate of drug-likeness (QED) is 0.765. The number of carboxylic acid groups (broad SMARTS) is 1. The number of benzene rings is 2. The molecule has 0 unspecified atom stereocenters. The third-order valence-corrected chi connectivity index (χ3v) is 2.97. The van der Waals surface area contributed by atoms with Gasteiger partial charge in [0, 0.05) is 12.1 Å². The molecular weight excluding hydrogens is 287 g/mol. The minimum absolute atomic E-state index is 0.327. The Hall–Kier alpha value is -2.89. The lowest BCUT2D eigenvalue weighted by Gasteiger charge is -2.08. The van der Waals surface area contributed by atoms with Crippen molar-refractivity contribution in [2.45, 2.75) is 6.54 Å². The molecule has 6 heteroatoms. The van der Waals surface area contributed by atoms with Crippen LogP contribution < -0.4 is 10.6 Å². The summed E-state index contributed by atoms with van der Waals surface area (Å²) in [5.41, 5.74) is 1.65. The monoisotopic (exact) mass is 302 g/mol. The van der Waals surface area contributed by atoms with Crippen LogP contribution in [-0.4, -0.2) is 23.5 Å². The van der Waals surface area contributed by atoms with Crippen molar-refractivity contribution in [2.24, 2.45) is 0 Å². The predicted octanol–water partition coefficient (Wildman–Crippen LogP) is 2.25. The lowest BCUT2D eigenvalue weighted by Crippen LogP contribution is -2.29. The smallest absolute Gasteiger partial charge is 0.322 e. The molecule has 0 heterocycles. The van der Waals surface area contributed by atoms with E-state index in [9.17, 15) is 14.0 Å². The molecule has 2 aromatic rings. The van der Waals surface area contributed by atoms with Crippen molar-refractivity contribution in [2.75, 3.05) is 11.9 Å². The van der Waals surface area contributed by atoms with E-state index in [4.69, 9.17) is 5.11 Å². The molecule has 0 atom stereocenters. The average Bonchev–Trinajstić information content (AvgIpc) is 2.52. The summed E-state index contributed by atoms with van der Waals surface area (Å²) in [6.07, 6.45) is 0. The Morgan fingerprint density at radius 1 is 1.05 bits per heavy atom. The van der Waals surface area contributed by atoms with Crippen molar-refractivity contribution in [1.29, 1.82) is 0 Å². The molecule has 114 valence electrons. The summed E-state index contributed by atoms with van der Waals surface area (Å²) in [4.78, 5) is 22.0. The van der Waals surface area contributed by atoms with Crippen LogP contribution in [0.3, 0.4) is 0 Å². The van der Waals surface area contributed by atoms with Gasteiger partial charge in [0.1, 0.15) is 12.4 Å². The Balaban J connectivity index is 1.93. The highest BCUT2D eigenvalue weighted by Gasteiger charge is 2.07. The zero-order chi connectivity index (χ0) is 15.9. The first-order valence-corrected chi connectivity index (χ1v) is 6.63. The van der Waals surface area contributed by atoms with Gasteiger partial charge in [-0.25, -0.2) is 4.39 Å². The van der Waals surface area contributed by atoms with E-state index in [1.165, 1.54) is 6.07 Å². The van der Waals surface area contributed by atoms with Crippen LogP contribution in [0.2, 0.25) is 0 Å². The minimum atomic E-state index is -1.10. The number of carboxylic acids is 1. The number of para-hydroxylation sites is 1. The predicted molar refractivity (Wildman–Crippen MR) is 80.1 cm³/mol. The van der Waals surface area contributed by atoms with E-state index in [0.717, 1.165) is 5.56 Å². The van der Waals surface area contributed by atoms with E-state index in [1.54, 1.807) is 42.5 Å². The van der Waals surface area contributed by atoms with Crippen molar-refractivity contribution < 1.29 is 19.1 Å². The van der Waals surface area contributed by atoms with Crippen LogP contribution in [0.4, 0.5) is 10.1 Å². The summed E-state index contributed by atoms with van der Waals surface area (Å²) in [5.74, 6) is -1.87. The number of carbonyl (C=O) groups excluding carboxylic acids is 1. The minimum Gasteiger partial charge on any atom is -0.480 e. The molecule has 0 aliphatic carbocycles. The second-order valence-electron chi connectivity index (χ2n) is 4.61. The summed E-state index contributed by atoms with van der Waals surface area (Å²) < 4.78 is 13.4. The SMILES string of the molecule is O=C(O)CNC(=O)c1ccc(CNc2ccccc2F)cc1. The van der Waals surface area contributed by atoms with Gasteiger partial charge in [-0.2, -0.15) is 0 Å². The highest BCUT2D eigenvalue weighted by atomic mass is 19.1. The van der Waals surface area contributed by atoms with Crippen LogP contribution in [0.5, 0.6) is 0 Å². The first-order chi connectivity index (χ1) is 10.6. The van der Waals surface area contributed by atoms with Crippen LogP contribution in [0.1, 0.15) is 15.9 Å². The Labute approximate surface area is 126 Å². The number of anilines is 1. The Bertz CT molecular complexity index is 671. The van der Waals surface area contributed by atoms with Gasteiger partial charge in [0.25, 0.3) is 5.91 Å². The maximum absolute atomic E-state index is 13.4. The number of nitrogens with one attached hydrogen (secondary N) is 2. The van der Waals surface area contributed by atoms with E-state index in [2.05, 4.69) is 10.6 Å². The Kier molecular flexibility index (Phi) is 5.08. The summed E-state index contributed by atoms with van der Waals surface area (Å²) in [5, 5.41) is 13.7. The number of rotatable bonds is 6. The molecule has 0 aliphatic heterocycles. The van der Waals surface area contributed by atoms with Crippen molar-refractivity contribution in [3.8, 4) is 0 Å². The zero-order valence-electron chi connectivity index (χ0n) is 11.7. The molecule has 2 aromatic carbocycles. The van der Waals surface area contributed by atoms with Crippen LogP contribution >= 0.6 is 0 Å². The molecule has 5 nitrogen and oxygen atoms in total. The Morgan fingerprint density at radius 2 is 1.73 bits per heavy atom. The average molecular weight is 302 g/mol. The van der Waals surface area contributed by atoms with Crippen molar-refractivity contribution >= 4 is 17.6 Å². The molecule has 22 heavy (non-hydrogen) atoms. The van der Waals surface area contributed by atoms with E-state index in [-0.39, 0.29) is 5.82 Å². The van der Waals surface area contributed by atoms with Gasteiger partial charge < -0.3 is 15.7 Å². The van der Waals surface area contributed by atoms with E-state index in [0.29, 0.717) is 17.8 Å². The second kappa shape index (κ2) is 7.21. The van der Waals surface area contributed by atoms with E-state index < -0.39 is 18.4 Å². The number of carbonyl (C=O) groups is 2. The van der Waals surface area contributed by atoms with Crippen LogP contribution in [0, 0.1) is 5.82 Å². The van der Waals surface area contributed by atoms with Gasteiger partial charge in [0.2, 0.25) is 0 Å². The number of hydrogen-bond donors (Lipinski definition) is 3. The molecule has 3 N–H and O–H groups in total. The fraction of sp³-hybridized carbons (Fsp3) is 0.125. The molecule has 0 aliphatic rings. The van der Waals surface area contributed by atoms with Gasteiger partial charge in [0.15, 0.2) is 0 Å². The maximum Gasteiger partial charge on any atom is 0.322 e. The Morgan fingerprint density at radius 3 is 2.36 bits per heavy atom.